The molecule has 1 aliphatic carbocycles. The molecule has 2 N–H and O–H groups in total. The van der Waals surface area contributed by atoms with E-state index < -0.39 is 0 Å². The van der Waals surface area contributed by atoms with Crippen LogP contribution in [0.5, 0.6) is 0 Å². The van der Waals surface area contributed by atoms with Crippen molar-refractivity contribution in [1.29, 1.82) is 0 Å². The molecule has 2 aliphatic rings. The molecule has 0 aromatic carbocycles. The summed E-state index contributed by atoms with van der Waals surface area (Å²) in [6.45, 7) is 8.20. The summed E-state index contributed by atoms with van der Waals surface area (Å²) in [6, 6.07) is 0.828. The molecule has 2 rings (SSSR count). The summed E-state index contributed by atoms with van der Waals surface area (Å²) < 4.78 is 0. The summed E-state index contributed by atoms with van der Waals surface area (Å²) >= 11 is 0. The van der Waals surface area contributed by atoms with Gasteiger partial charge in [-0.25, -0.2) is 0 Å². The van der Waals surface area contributed by atoms with Gasteiger partial charge in [-0.15, -0.1) is 0 Å². The molecule has 1 saturated carbocycles. The van der Waals surface area contributed by atoms with E-state index in [-0.39, 0.29) is 0 Å². The van der Waals surface area contributed by atoms with Crippen LogP contribution in [-0.4, -0.2) is 30.6 Å². The molecule has 0 spiro atoms. The molecule has 2 fully saturated rings. The van der Waals surface area contributed by atoms with E-state index in [1.54, 1.807) is 0 Å². The standard InChI is InChI=1S/C13H26N2/c1-11(2)12-5-3-8-15(12)10-13(9-14)6-4-7-13/h11-12H,3-10,14H2,1-2H3. The highest BCUT2D eigenvalue weighted by atomic mass is 15.2. The Morgan fingerprint density at radius 1 is 1.33 bits per heavy atom. The van der Waals surface area contributed by atoms with Crippen molar-refractivity contribution in [3.63, 3.8) is 0 Å². The predicted octanol–water partition coefficient (Wildman–Crippen LogP) is 2.24. The van der Waals surface area contributed by atoms with Gasteiger partial charge in [-0.3, -0.25) is 4.90 Å². The average molecular weight is 210 g/mol. The quantitative estimate of drug-likeness (QED) is 0.771. The van der Waals surface area contributed by atoms with Crippen LogP contribution in [0.2, 0.25) is 0 Å². The molecule has 1 heterocycles. The minimum Gasteiger partial charge on any atom is -0.330 e. The molecule has 2 nitrogen and oxygen atoms in total. The van der Waals surface area contributed by atoms with Crippen molar-refractivity contribution in [3.05, 3.63) is 0 Å². The largest absolute Gasteiger partial charge is 0.330 e. The highest BCUT2D eigenvalue weighted by Crippen LogP contribution is 2.42. The van der Waals surface area contributed by atoms with Gasteiger partial charge < -0.3 is 5.73 Å². The lowest BCUT2D eigenvalue weighted by Gasteiger charge is -2.45. The van der Waals surface area contributed by atoms with Crippen molar-refractivity contribution in [1.82, 2.24) is 4.90 Å². The maximum atomic E-state index is 5.94. The third-order valence-corrected chi connectivity index (χ3v) is 4.57. The average Bonchev–Trinajstić information content (AvgIpc) is 2.59. The maximum Gasteiger partial charge on any atom is 0.0119 e. The first-order chi connectivity index (χ1) is 7.17. The van der Waals surface area contributed by atoms with Crippen LogP contribution in [0.1, 0.15) is 46.0 Å². The molecule has 15 heavy (non-hydrogen) atoms. The number of nitrogens with two attached hydrogens (primary N) is 1. The van der Waals surface area contributed by atoms with Crippen molar-refractivity contribution in [2.45, 2.75) is 52.0 Å². The van der Waals surface area contributed by atoms with Crippen molar-refractivity contribution >= 4 is 0 Å². The second-order valence-electron chi connectivity index (χ2n) is 5.98. The minimum atomic E-state index is 0.497. The topological polar surface area (TPSA) is 29.3 Å². The summed E-state index contributed by atoms with van der Waals surface area (Å²) in [4.78, 5) is 2.72. The highest BCUT2D eigenvalue weighted by Gasteiger charge is 2.40. The molecule has 1 aliphatic heterocycles. The summed E-state index contributed by atoms with van der Waals surface area (Å²) in [5.41, 5.74) is 6.44. The Kier molecular flexibility index (Phi) is 3.36. The molecule has 1 unspecified atom stereocenters. The lowest BCUT2D eigenvalue weighted by atomic mass is 9.68. The summed E-state index contributed by atoms with van der Waals surface area (Å²) in [5.74, 6) is 0.808. The number of hydrogen-bond acceptors (Lipinski definition) is 2. The van der Waals surface area contributed by atoms with Gasteiger partial charge in [0.1, 0.15) is 0 Å². The van der Waals surface area contributed by atoms with Crippen molar-refractivity contribution in [2.24, 2.45) is 17.1 Å². The predicted molar refractivity (Wildman–Crippen MR) is 64.8 cm³/mol. The van der Waals surface area contributed by atoms with E-state index >= 15 is 0 Å². The van der Waals surface area contributed by atoms with Crippen LogP contribution in [0.4, 0.5) is 0 Å². The Hall–Kier alpha value is -0.0800. The SMILES string of the molecule is CC(C)C1CCCN1CC1(CN)CCC1. The Balaban J connectivity index is 1.92. The van der Waals surface area contributed by atoms with Gasteiger partial charge in [0.15, 0.2) is 0 Å². The molecule has 0 amide bonds. The van der Waals surface area contributed by atoms with Crippen LogP contribution in [-0.2, 0) is 0 Å². The van der Waals surface area contributed by atoms with E-state index in [1.807, 2.05) is 0 Å². The van der Waals surface area contributed by atoms with Crippen molar-refractivity contribution < 1.29 is 0 Å². The lowest BCUT2D eigenvalue weighted by Crippen LogP contribution is -2.49. The number of rotatable bonds is 4. The molecule has 0 bridgehead atoms. The molecule has 1 saturated heterocycles. The van der Waals surface area contributed by atoms with Gasteiger partial charge in [0.25, 0.3) is 0 Å². The first kappa shape index (κ1) is 11.4. The second kappa shape index (κ2) is 4.42. The molecule has 88 valence electrons. The Labute approximate surface area is 94.2 Å². The lowest BCUT2D eigenvalue weighted by molar-refractivity contribution is 0.0583. The van der Waals surface area contributed by atoms with Crippen molar-refractivity contribution in [2.75, 3.05) is 19.6 Å². The Morgan fingerprint density at radius 2 is 2.07 bits per heavy atom. The zero-order valence-electron chi connectivity index (χ0n) is 10.3. The van der Waals surface area contributed by atoms with Gasteiger partial charge >= 0.3 is 0 Å². The number of hydrogen-bond donors (Lipinski definition) is 1. The normalized spacial score (nSPS) is 30.8. The summed E-state index contributed by atoms with van der Waals surface area (Å²) in [7, 11) is 0. The first-order valence-electron chi connectivity index (χ1n) is 6.61. The fraction of sp³-hybridized carbons (Fsp3) is 1.00. The molecule has 0 radical (unpaired) electrons. The van der Waals surface area contributed by atoms with Crippen LogP contribution in [0, 0.1) is 11.3 Å². The van der Waals surface area contributed by atoms with E-state index in [0.29, 0.717) is 5.41 Å². The Bertz CT molecular complexity index is 203. The van der Waals surface area contributed by atoms with E-state index in [2.05, 4.69) is 18.7 Å². The van der Waals surface area contributed by atoms with Gasteiger partial charge in [0.05, 0.1) is 0 Å². The molecular weight excluding hydrogens is 184 g/mol. The van der Waals surface area contributed by atoms with Crippen LogP contribution < -0.4 is 5.73 Å². The van der Waals surface area contributed by atoms with Gasteiger partial charge in [0, 0.05) is 12.6 Å². The number of likely N-dealkylation sites (tertiary alicyclic amines) is 1. The van der Waals surface area contributed by atoms with Crippen LogP contribution in [0.3, 0.4) is 0 Å². The molecular formula is C13H26N2. The fourth-order valence-corrected chi connectivity index (χ4v) is 3.34. The third-order valence-electron chi connectivity index (χ3n) is 4.57. The van der Waals surface area contributed by atoms with Crippen LogP contribution in [0.25, 0.3) is 0 Å². The summed E-state index contributed by atoms with van der Waals surface area (Å²) in [5, 5.41) is 0. The highest BCUT2D eigenvalue weighted by molar-refractivity contribution is 4.94. The van der Waals surface area contributed by atoms with E-state index in [1.165, 1.54) is 45.2 Å². The maximum absolute atomic E-state index is 5.94. The van der Waals surface area contributed by atoms with Gasteiger partial charge in [-0.05, 0) is 50.1 Å². The monoisotopic (exact) mass is 210 g/mol. The van der Waals surface area contributed by atoms with Crippen LogP contribution in [0.15, 0.2) is 0 Å². The van der Waals surface area contributed by atoms with E-state index in [4.69, 9.17) is 5.73 Å². The third kappa shape index (κ3) is 2.21. The summed E-state index contributed by atoms with van der Waals surface area (Å²) in [6.07, 6.45) is 6.93. The number of nitrogens with zero attached hydrogens (tertiary/aromatic N) is 1. The molecule has 2 heteroatoms. The van der Waals surface area contributed by atoms with E-state index in [0.717, 1.165) is 18.5 Å². The second-order valence-corrected chi connectivity index (χ2v) is 5.98. The molecule has 0 aromatic heterocycles. The zero-order valence-corrected chi connectivity index (χ0v) is 10.3. The van der Waals surface area contributed by atoms with Gasteiger partial charge in [0.2, 0.25) is 0 Å². The molecule has 0 aromatic rings. The first-order valence-corrected chi connectivity index (χ1v) is 6.61. The smallest absolute Gasteiger partial charge is 0.0119 e. The van der Waals surface area contributed by atoms with Gasteiger partial charge in [-0.2, -0.15) is 0 Å². The zero-order chi connectivity index (χ0) is 10.9. The fourth-order valence-electron chi connectivity index (χ4n) is 3.34. The molecule has 1 atom stereocenters. The minimum absolute atomic E-state index is 0.497. The van der Waals surface area contributed by atoms with Gasteiger partial charge in [-0.1, -0.05) is 20.3 Å². The van der Waals surface area contributed by atoms with Crippen molar-refractivity contribution in [3.8, 4) is 0 Å². The Morgan fingerprint density at radius 3 is 2.53 bits per heavy atom. The van der Waals surface area contributed by atoms with Crippen LogP contribution >= 0.6 is 0 Å². The van der Waals surface area contributed by atoms with E-state index in [9.17, 15) is 0 Å².